The standard InChI is InChI=1S/C13H18BrN5O3/c14-10-6-16-7-11(19(21)22)12(10)18-5-1-2-9(8-18)13(20)17-4-3-15/h6-7,9H,1-5,8,15H2,(H,17,20). The molecule has 0 bridgehead atoms. The zero-order valence-corrected chi connectivity index (χ0v) is 13.6. The SMILES string of the molecule is NCCNC(=O)C1CCCN(c2c(Br)cncc2[N+](=O)[O-])C1. The second-order valence-electron chi connectivity index (χ2n) is 5.11. The van der Waals surface area contributed by atoms with Crippen LogP contribution in [0.2, 0.25) is 0 Å². The Balaban J connectivity index is 2.19. The lowest BCUT2D eigenvalue weighted by Gasteiger charge is -2.33. The molecule has 1 aliphatic rings. The summed E-state index contributed by atoms with van der Waals surface area (Å²) >= 11 is 3.32. The van der Waals surface area contributed by atoms with E-state index in [2.05, 4.69) is 26.2 Å². The Kier molecular flexibility index (Phi) is 5.67. The molecule has 22 heavy (non-hydrogen) atoms. The van der Waals surface area contributed by atoms with Crippen molar-refractivity contribution < 1.29 is 9.72 Å². The molecule has 9 heteroatoms. The lowest BCUT2D eigenvalue weighted by atomic mass is 9.96. The second-order valence-corrected chi connectivity index (χ2v) is 5.97. The molecule has 1 saturated heterocycles. The first-order chi connectivity index (χ1) is 10.5. The molecule has 2 rings (SSSR count). The number of pyridine rings is 1. The number of nitrogens with one attached hydrogen (secondary N) is 1. The molecule has 1 aromatic rings. The van der Waals surface area contributed by atoms with Crippen molar-refractivity contribution in [1.82, 2.24) is 10.3 Å². The molecule has 0 radical (unpaired) electrons. The predicted octanol–water partition coefficient (Wildman–Crippen LogP) is 1.04. The van der Waals surface area contributed by atoms with E-state index in [1.807, 2.05) is 4.90 Å². The maximum absolute atomic E-state index is 12.1. The Morgan fingerprint density at radius 1 is 1.59 bits per heavy atom. The van der Waals surface area contributed by atoms with Gasteiger partial charge < -0.3 is 16.0 Å². The van der Waals surface area contributed by atoms with Crippen molar-refractivity contribution in [3.63, 3.8) is 0 Å². The van der Waals surface area contributed by atoms with Crippen LogP contribution in [0.1, 0.15) is 12.8 Å². The third-order valence-electron chi connectivity index (χ3n) is 3.60. The van der Waals surface area contributed by atoms with Gasteiger partial charge in [-0.1, -0.05) is 0 Å². The molecule has 2 heterocycles. The van der Waals surface area contributed by atoms with Gasteiger partial charge in [0.05, 0.1) is 15.3 Å². The highest BCUT2D eigenvalue weighted by Gasteiger charge is 2.30. The van der Waals surface area contributed by atoms with Crippen LogP contribution in [0.4, 0.5) is 11.4 Å². The largest absolute Gasteiger partial charge is 0.364 e. The van der Waals surface area contributed by atoms with Crippen molar-refractivity contribution in [3.8, 4) is 0 Å². The summed E-state index contributed by atoms with van der Waals surface area (Å²) in [5.74, 6) is -0.247. The van der Waals surface area contributed by atoms with E-state index < -0.39 is 4.92 Å². The average Bonchev–Trinajstić information content (AvgIpc) is 2.52. The highest BCUT2D eigenvalue weighted by molar-refractivity contribution is 9.10. The fourth-order valence-electron chi connectivity index (χ4n) is 2.60. The summed E-state index contributed by atoms with van der Waals surface area (Å²) in [5.41, 5.74) is 5.81. The molecule has 1 atom stereocenters. The molecule has 1 aromatic heterocycles. The van der Waals surface area contributed by atoms with Crippen LogP contribution in [0.5, 0.6) is 0 Å². The number of carbonyl (C=O) groups is 1. The van der Waals surface area contributed by atoms with Gasteiger partial charge in [0.1, 0.15) is 11.9 Å². The molecule has 0 aromatic carbocycles. The Morgan fingerprint density at radius 2 is 2.36 bits per heavy atom. The quantitative estimate of drug-likeness (QED) is 0.590. The molecule has 8 nitrogen and oxygen atoms in total. The van der Waals surface area contributed by atoms with Crippen molar-refractivity contribution in [2.24, 2.45) is 11.7 Å². The zero-order chi connectivity index (χ0) is 16.1. The van der Waals surface area contributed by atoms with Gasteiger partial charge in [0.2, 0.25) is 5.91 Å². The number of rotatable bonds is 5. The molecule has 0 saturated carbocycles. The van der Waals surface area contributed by atoms with Gasteiger partial charge in [-0.3, -0.25) is 19.9 Å². The molecule has 0 spiro atoms. The van der Waals surface area contributed by atoms with Crippen molar-refractivity contribution in [1.29, 1.82) is 0 Å². The van der Waals surface area contributed by atoms with Gasteiger partial charge in [-0.2, -0.15) is 0 Å². The summed E-state index contributed by atoms with van der Waals surface area (Å²) in [6.45, 7) is 1.95. The number of hydrogen-bond acceptors (Lipinski definition) is 6. The van der Waals surface area contributed by atoms with Crippen LogP contribution in [-0.2, 0) is 4.79 Å². The van der Waals surface area contributed by atoms with Crippen LogP contribution >= 0.6 is 15.9 Å². The molecular weight excluding hydrogens is 354 g/mol. The summed E-state index contributed by atoms with van der Waals surface area (Å²) in [6.07, 6.45) is 4.33. The molecular formula is C13H18BrN5O3. The first kappa shape index (κ1) is 16.6. The maximum atomic E-state index is 12.1. The first-order valence-corrected chi connectivity index (χ1v) is 7.84. The molecule has 0 aliphatic carbocycles. The van der Waals surface area contributed by atoms with Crippen LogP contribution in [-0.4, -0.2) is 42.0 Å². The van der Waals surface area contributed by atoms with E-state index in [-0.39, 0.29) is 17.5 Å². The molecule has 120 valence electrons. The fraction of sp³-hybridized carbons (Fsp3) is 0.538. The molecule has 1 fully saturated rings. The van der Waals surface area contributed by atoms with Crippen LogP contribution in [0.15, 0.2) is 16.9 Å². The van der Waals surface area contributed by atoms with Gasteiger partial charge in [-0.25, -0.2) is 0 Å². The maximum Gasteiger partial charge on any atom is 0.311 e. The Morgan fingerprint density at radius 3 is 3.05 bits per heavy atom. The fourth-order valence-corrected chi connectivity index (χ4v) is 3.17. The third-order valence-corrected chi connectivity index (χ3v) is 4.18. The molecule has 1 amide bonds. The normalized spacial score (nSPS) is 18.1. The molecule has 1 aliphatic heterocycles. The van der Waals surface area contributed by atoms with Gasteiger partial charge in [0.15, 0.2) is 0 Å². The average molecular weight is 372 g/mol. The van der Waals surface area contributed by atoms with E-state index >= 15 is 0 Å². The monoisotopic (exact) mass is 371 g/mol. The molecule has 3 N–H and O–H groups in total. The van der Waals surface area contributed by atoms with Crippen molar-refractivity contribution in [3.05, 3.63) is 27.0 Å². The summed E-state index contributed by atoms with van der Waals surface area (Å²) < 4.78 is 0.560. The van der Waals surface area contributed by atoms with E-state index in [0.29, 0.717) is 36.3 Å². The number of nitrogens with zero attached hydrogens (tertiary/aromatic N) is 3. The number of nitro groups is 1. The third kappa shape index (κ3) is 3.72. The number of carbonyl (C=O) groups excluding carboxylic acids is 1. The lowest BCUT2D eigenvalue weighted by Crippen LogP contribution is -2.44. The highest BCUT2D eigenvalue weighted by Crippen LogP contribution is 2.36. The minimum absolute atomic E-state index is 0.0528. The van der Waals surface area contributed by atoms with Crippen molar-refractivity contribution >= 4 is 33.2 Å². The topological polar surface area (TPSA) is 114 Å². The number of piperidine rings is 1. The van der Waals surface area contributed by atoms with Gasteiger partial charge in [0.25, 0.3) is 0 Å². The summed E-state index contributed by atoms with van der Waals surface area (Å²) in [5, 5.41) is 14.0. The number of anilines is 1. The number of aromatic nitrogens is 1. The van der Waals surface area contributed by atoms with Crippen molar-refractivity contribution in [2.75, 3.05) is 31.1 Å². The van der Waals surface area contributed by atoms with Crippen LogP contribution in [0.3, 0.4) is 0 Å². The van der Waals surface area contributed by atoms with Crippen LogP contribution in [0.25, 0.3) is 0 Å². The van der Waals surface area contributed by atoms with Gasteiger partial charge >= 0.3 is 5.69 Å². The second kappa shape index (κ2) is 7.50. The van der Waals surface area contributed by atoms with Gasteiger partial charge in [0, 0.05) is 32.4 Å². The Hall–Kier alpha value is -1.74. The van der Waals surface area contributed by atoms with Crippen LogP contribution in [0, 0.1) is 16.0 Å². The highest BCUT2D eigenvalue weighted by atomic mass is 79.9. The van der Waals surface area contributed by atoms with E-state index in [9.17, 15) is 14.9 Å². The predicted molar refractivity (Wildman–Crippen MR) is 85.6 cm³/mol. The number of hydrogen-bond donors (Lipinski definition) is 2. The van der Waals surface area contributed by atoms with E-state index in [1.165, 1.54) is 12.4 Å². The Labute approximate surface area is 136 Å². The summed E-state index contributed by atoms with van der Waals surface area (Å²) in [4.78, 5) is 28.6. The number of halogens is 1. The van der Waals surface area contributed by atoms with E-state index in [4.69, 9.17) is 5.73 Å². The zero-order valence-electron chi connectivity index (χ0n) is 12.0. The van der Waals surface area contributed by atoms with E-state index in [1.54, 1.807) is 0 Å². The van der Waals surface area contributed by atoms with Gasteiger partial charge in [-0.15, -0.1) is 0 Å². The minimum Gasteiger partial charge on any atom is -0.364 e. The first-order valence-electron chi connectivity index (χ1n) is 7.05. The van der Waals surface area contributed by atoms with Gasteiger partial charge in [-0.05, 0) is 28.8 Å². The number of nitrogens with two attached hydrogens (primary N) is 1. The van der Waals surface area contributed by atoms with Crippen LogP contribution < -0.4 is 16.0 Å². The molecule has 1 unspecified atom stereocenters. The smallest absolute Gasteiger partial charge is 0.311 e. The summed E-state index contributed by atoms with van der Waals surface area (Å²) in [7, 11) is 0. The summed E-state index contributed by atoms with van der Waals surface area (Å²) in [6, 6.07) is 0. The number of amides is 1. The lowest BCUT2D eigenvalue weighted by molar-refractivity contribution is -0.384. The minimum atomic E-state index is -0.453. The Bertz CT molecular complexity index is 569. The van der Waals surface area contributed by atoms with E-state index in [0.717, 1.165) is 12.8 Å². The van der Waals surface area contributed by atoms with Crippen molar-refractivity contribution in [2.45, 2.75) is 12.8 Å².